The maximum atomic E-state index is 4.67. The topological polar surface area (TPSA) is 24.9 Å². The molecule has 0 fully saturated rings. The molecule has 1 N–H and O–H groups in total. The van der Waals surface area contributed by atoms with E-state index in [4.69, 9.17) is 0 Å². The number of hydrogen-bond donors (Lipinski definition) is 1. The number of benzene rings is 2. The second-order valence-corrected chi connectivity index (χ2v) is 7.85. The van der Waals surface area contributed by atoms with E-state index in [-0.39, 0.29) is 5.41 Å². The van der Waals surface area contributed by atoms with E-state index in [1.54, 1.807) is 0 Å². The Bertz CT molecular complexity index is 1090. The van der Waals surface area contributed by atoms with Crippen LogP contribution in [0.3, 0.4) is 0 Å². The maximum Gasteiger partial charge on any atom is 0.0714 e. The van der Waals surface area contributed by atoms with Crippen LogP contribution < -0.4 is 5.32 Å². The molecular weight excluding hydrogens is 340 g/mol. The van der Waals surface area contributed by atoms with E-state index in [1.807, 2.05) is 12.3 Å². The third-order valence-corrected chi connectivity index (χ3v) is 5.64. The molecule has 0 saturated carbocycles. The molecule has 3 aromatic rings. The Morgan fingerprint density at radius 2 is 1.89 bits per heavy atom. The van der Waals surface area contributed by atoms with Gasteiger partial charge in [0.2, 0.25) is 0 Å². The molecule has 2 nitrogen and oxygen atoms in total. The highest BCUT2D eigenvalue weighted by Gasteiger charge is 2.33. The molecule has 0 saturated heterocycles. The van der Waals surface area contributed by atoms with Crippen molar-refractivity contribution in [1.29, 1.82) is 0 Å². The van der Waals surface area contributed by atoms with Gasteiger partial charge in [0.15, 0.2) is 0 Å². The van der Waals surface area contributed by atoms with Crippen LogP contribution in [-0.2, 0) is 5.41 Å². The van der Waals surface area contributed by atoms with Crippen LogP contribution >= 0.6 is 0 Å². The summed E-state index contributed by atoms with van der Waals surface area (Å²) in [6.45, 7) is 13.5. The van der Waals surface area contributed by atoms with Crippen LogP contribution in [-0.4, -0.2) is 11.5 Å². The van der Waals surface area contributed by atoms with Crippen LogP contribution in [0.25, 0.3) is 28.0 Å². The predicted octanol–water partition coefficient (Wildman–Crippen LogP) is 6.26. The highest BCUT2D eigenvalue weighted by atomic mass is 14.9. The van der Waals surface area contributed by atoms with Crippen LogP contribution in [0.1, 0.15) is 31.5 Å². The lowest BCUT2D eigenvalue weighted by molar-refractivity contribution is 0.619. The van der Waals surface area contributed by atoms with Crippen molar-refractivity contribution in [3.05, 3.63) is 96.5 Å². The van der Waals surface area contributed by atoms with Gasteiger partial charge in [0, 0.05) is 29.2 Å². The number of aromatic nitrogens is 1. The molecule has 0 bridgehead atoms. The summed E-state index contributed by atoms with van der Waals surface area (Å²) in [5.74, 6) is 0. The number of allylic oxidation sites excluding steroid dienone is 1. The van der Waals surface area contributed by atoms with Crippen molar-refractivity contribution in [3.63, 3.8) is 0 Å². The van der Waals surface area contributed by atoms with Crippen molar-refractivity contribution >= 4 is 16.8 Å². The molecule has 0 unspecified atom stereocenters. The summed E-state index contributed by atoms with van der Waals surface area (Å²) >= 11 is 0. The fourth-order valence-corrected chi connectivity index (χ4v) is 4.09. The largest absolute Gasteiger partial charge is 0.385 e. The average molecular weight is 367 g/mol. The van der Waals surface area contributed by atoms with Gasteiger partial charge in [0.25, 0.3) is 0 Å². The Balaban J connectivity index is 1.87. The minimum absolute atomic E-state index is 0.169. The molecule has 4 rings (SSSR count). The van der Waals surface area contributed by atoms with Crippen LogP contribution in [0, 0.1) is 0 Å². The lowest BCUT2D eigenvalue weighted by atomic mass is 9.70. The summed E-state index contributed by atoms with van der Waals surface area (Å²) in [4.78, 5) is 4.67. The van der Waals surface area contributed by atoms with Gasteiger partial charge >= 0.3 is 0 Å². The number of nitrogens with zero attached hydrogens (tertiary/aromatic N) is 1. The third kappa shape index (κ3) is 3.05. The number of rotatable bonds is 6. The normalized spacial score (nSPS) is 14.4. The Labute approximate surface area is 167 Å². The number of pyridine rings is 1. The van der Waals surface area contributed by atoms with Crippen molar-refractivity contribution in [2.24, 2.45) is 0 Å². The zero-order valence-corrected chi connectivity index (χ0v) is 16.6. The maximum absolute atomic E-state index is 4.67. The minimum atomic E-state index is -0.169. The molecule has 0 radical (unpaired) electrons. The van der Waals surface area contributed by atoms with Gasteiger partial charge in [-0.2, -0.15) is 0 Å². The Morgan fingerprint density at radius 1 is 1.11 bits per heavy atom. The van der Waals surface area contributed by atoms with E-state index >= 15 is 0 Å². The minimum Gasteiger partial charge on any atom is -0.385 e. The first-order valence-corrected chi connectivity index (χ1v) is 9.77. The SMILES string of the molecule is C=CCCNC(=C)C1=Cc2nccc3cc(-c4ccccc4)cc(c23)C1(C)C. The molecule has 1 aromatic heterocycles. The van der Waals surface area contributed by atoms with E-state index in [9.17, 15) is 0 Å². The third-order valence-electron chi connectivity index (χ3n) is 5.64. The smallest absolute Gasteiger partial charge is 0.0714 e. The van der Waals surface area contributed by atoms with Crippen LogP contribution in [0.5, 0.6) is 0 Å². The first-order valence-electron chi connectivity index (χ1n) is 9.77. The molecule has 1 aliphatic carbocycles. The standard InChI is InChI=1S/C26H26N2/c1-5-6-13-27-18(2)22-17-24-25-20(12-14-28-24)15-21(16-23(25)26(22,3)4)19-10-8-7-9-11-19/h5,7-12,14-17,27H,1-2,6,13H2,3-4H3. The number of nitrogens with one attached hydrogen (secondary N) is 1. The molecule has 1 heterocycles. The van der Waals surface area contributed by atoms with Gasteiger partial charge in [-0.1, -0.05) is 56.8 Å². The average Bonchev–Trinajstić information content (AvgIpc) is 2.71. The highest BCUT2D eigenvalue weighted by Crippen LogP contribution is 2.45. The monoisotopic (exact) mass is 366 g/mol. The van der Waals surface area contributed by atoms with Gasteiger partial charge in [-0.05, 0) is 58.3 Å². The van der Waals surface area contributed by atoms with Crippen molar-refractivity contribution in [3.8, 4) is 11.1 Å². The fraction of sp³-hybridized carbons (Fsp3) is 0.192. The molecule has 2 heteroatoms. The molecule has 0 spiro atoms. The quantitative estimate of drug-likeness (QED) is 0.412. The Hall–Kier alpha value is -3.13. The van der Waals surface area contributed by atoms with Gasteiger partial charge in [0.05, 0.1) is 5.69 Å². The van der Waals surface area contributed by atoms with Crippen molar-refractivity contribution in [2.45, 2.75) is 25.7 Å². The lowest BCUT2D eigenvalue weighted by Crippen LogP contribution is -2.29. The molecule has 2 aromatic carbocycles. The first-order chi connectivity index (χ1) is 13.5. The summed E-state index contributed by atoms with van der Waals surface area (Å²) < 4.78 is 0. The highest BCUT2D eigenvalue weighted by molar-refractivity contribution is 5.99. The van der Waals surface area contributed by atoms with Crippen LogP contribution in [0.2, 0.25) is 0 Å². The second-order valence-electron chi connectivity index (χ2n) is 7.85. The molecule has 1 aliphatic rings. The zero-order valence-electron chi connectivity index (χ0n) is 16.6. The van der Waals surface area contributed by atoms with Crippen molar-refractivity contribution < 1.29 is 0 Å². The first kappa shape index (κ1) is 18.2. The van der Waals surface area contributed by atoms with Crippen LogP contribution in [0.4, 0.5) is 0 Å². The summed E-state index contributed by atoms with van der Waals surface area (Å²) in [7, 11) is 0. The van der Waals surface area contributed by atoms with Crippen LogP contribution in [0.15, 0.2) is 85.2 Å². The van der Waals surface area contributed by atoms with Gasteiger partial charge < -0.3 is 5.32 Å². The van der Waals surface area contributed by atoms with Crippen molar-refractivity contribution in [2.75, 3.05) is 6.54 Å². The Morgan fingerprint density at radius 3 is 2.64 bits per heavy atom. The summed E-state index contributed by atoms with van der Waals surface area (Å²) in [5.41, 5.74) is 6.77. The summed E-state index contributed by atoms with van der Waals surface area (Å²) in [6.07, 6.45) is 6.93. The predicted molar refractivity (Wildman–Crippen MR) is 120 cm³/mol. The molecule has 0 amide bonds. The van der Waals surface area contributed by atoms with E-state index in [0.29, 0.717) is 0 Å². The summed E-state index contributed by atoms with van der Waals surface area (Å²) in [6, 6.07) is 17.3. The Kier molecular flexibility index (Phi) is 4.64. The molecule has 28 heavy (non-hydrogen) atoms. The van der Waals surface area contributed by atoms with Gasteiger partial charge in [0.1, 0.15) is 0 Å². The molecule has 0 aliphatic heterocycles. The van der Waals surface area contributed by atoms with Gasteiger partial charge in [-0.3, -0.25) is 4.98 Å². The van der Waals surface area contributed by atoms with Gasteiger partial charge in [-0.15, -0.1) is 6.58 Å². The molecule has 0 atom stereocenters. The zero-order chi connectivity index (χ0) is 19.7. The number of hydrogen-bond acceptors (Lipinski definition) is 2. The van der Waals surface area contributed by atoms with E-state index < -0.39 is 0 Å². The summed E-state index contributed by atoms with van der Waals surface area (Å²) in [5, 5.41) is 5.93. The van der Waals surface area contributed by atoms with E-state index in [2.05, 4.69) is 91.9 Å². The molecule has 140 valence electrons. The second kappa shape index (κ2) is 7.12. The van der Waals surface area contributed by atoms with Crippen molar-refractivity contribution in [1.82, 2.24) is 10.3 Å². The van der Waals surface area contributed by atoms with E-state index in [1.165, 1.54) is 33.0 Å². The molecular formula is C26H26N2. The lowest BCUT2D eigenvalue weighted by Gasteiger charge is -2.35. The fourth-order valence-electron chi connectivity index (χ4n) is 4.09. The van der Waals surface area contributed by atoms with Gasteiger partial charge in [-0.25, -0.2) is 0 Å². The van der Waals surface area contributed by atoms with E-state index in [0.717, 1.165) is 24.4 Å².